The van der Waals surface area contributed by atoms with Crippen LogP contribution in [0.5, 0.6) is 0 Å². The second-order valence-electron chi connectivity index (χ2n) is 5.32. The SMILES string of the molecule is CC(=O)OCC1OC(S(=O)(=O)c2ccc(Br)cc2)C(O)C(O)C1O. The maximum Gasteiger partial charge on any atom is 0.302 e. The highest BCUT2D eigenvalue weighted by Crippen LogP contribution is 2.29. The average molecular weight is 425 g/mol. The molecule has 0 spiro atoms. The van der Waals surface area contributed by atoms with Gasteiger partial charge in [0.25, 0.3) is 0 Å². The monoisotopic (exact) mass is 424 g/mol. The third kappa shape index (κ3) is 3.95. The van der Waals surface area contributed by atoms with Crippen molar-refractivity contribution < 1.29 is 38.0 Å². The molecule has 24 heavy (non-hydrogen) atoms. The summed E-state index contributed by atoms with van der Waals surface area (Å²) in [6, 6.07) is 5.63. The first-order chi connectivity index (χ1) is 11.1. The van der Waals surface area contributed by atoms with Gasteiger partial charge in [-0.05, 0) is 24.3 Å². The number of aliphatic hydroxyl groups excluding tert-OH is 3. The van der Waals surface area contributed by atoms with E-state index in [0.29, 0.717) is 4.47 Å². The van der Waals surface area contributed by atoms with Crippen LogP contribution in [-0.2, 0) is 24.1 Å². The summed E-state index contributed by atoms with van der Waals surface area (Å²) in [5.41, 5.74) is -1.81. The second-order valence-corrected chi connectivity index (χ2v) is 8.26. The Labute approximate surface area is 147 Å². The minimum absolute atomic E-state index is 0.121. The normalized spacial score (nSPS) is 30.8. The molecule has 0 bridgehead atoms. The van der Waals surface area contributed by atoms with Gasteiger partial charge < -0.3 is 24.8 Å². The highest BCUT2D eigenvalue weighted by Gasteiger charge is 2.49. The molecule has 2 rings (SSSR count). The van der Waals surface area contributed by atoms with E-state index in [-0.39, 0.29) is 4.90 Å². The summed E-state index contributed by atoms with van der Waals surface area (Å²) in [5.74, 6) is -0.654. The largest absolute Gasteiger partial charge is 0.463 e. The topological polar surface area (TPSA) is 130 Å². The summed E-state index contributed by atoms with van der Waals surface area (Å²) in [7, 11) is -4.16. The molecule has 1 saturated heterocycles. The Morgan fingerprint density at radius 1 is 1.17 bits per heavy atom. The molecule has 10 heteroatoms. The standard InChI is InChI=1S/C14H17BrO8S/c1-7(16)22-6-10-11(17)12(18)13(19)14(23-10)24(20,21)9-4-2-8(15)3-5-9/h2-5,10-14,17-19H,6H2,1H3. The summed E-state index contributed by atoms with van der Waals surface area (Å²) in [6.07, 6.45) is -6.52. The Bertz CT molecular complexity index is 689. The van der Waals surface area contributed by atoms with E-state index in [0.717, 1.165) is 6.92 Å². The van der Waals surface area contributed by atoms with Crippen LogP contribution in [0.15, 0.2) is 33.6 Å². The average Bonchev–Trinajstić information content (AvgIpc) is 2.52. The summed E-state index contributed by atoms with van der Waals surface area (Å²) < 4.78 is 35.9. The molecule has 134 valence electrons. The predicted molar refractivity (Wildman–Crippen MR) is 84.6 cm³/mol. The van der Waals surface area contributed by atoms with Crippen molar-refractivity contribution in [1.29, 1.82) is 0 Å². The molecule has 0 aromatic heterocycles. The van der Waals surface area contributed by atoms with Crippen molar-refractivity contribution in [2.45, 2.75) is 41.7 Å². The van der Waals surface area contributed by atoms with Crippen LogP contribution < -0.4 is 0 Å². The minimum Gasteiger partial charge on any atom is -0.463 e. The Morgan fingerprint density at radius 3 is 2.29 bits per heavy atom. The number of rotatable bonds is 4. The van der Waals surface area contributed by atoms with Crippen LogP contribution in [0.4, 0.5) is 0 Å². The molecule has 0 amide bonds. The molecule has 5 atom stereocenters. The minimum atomic E-state index is -4.16. The number of sulfone groups is 1. The third-order valence-electron chi connectivity index (χ3n) is 3.57. The Kier molecular flexibility index (Phi) is 6.00. The molecule has 1 fully saturated rings. The number of benzene rings is 1. The zero-order chi connectivity index (χ0) is 18.1. The van der Waals surface area contributed by atoms with Gasteiger partial charge in [-0.3, -0.25) is 4.79 Å². The summed E-state index contributed by atoms with van der Waals surface area (Å²) in [5, 5.41) is 29.8. The van der Waals surface area contributed by atoms with Gasteiger partial charge >= 0.3 is 5.97 Å². The molecular formula is C14H17BrO8S. The first kappa shape index (κ1) is 19.3. The maximum atomic E-state index is 12.6. The van der Waals surface area contributed by atoms with Crippen LogP contribution in [-0.4, -0.2) is 66.2 Å². The number of carbonyl (C=O) groups excluding carboxylic acids is 1. The van der Waals surface area contributed by atoms with Gasteiger partial charge in [-0.1, -0.05) is 15.9 Å². The van der Waals surface area contributed by atoms with Crippen LogP contribution in [0, 0.1) is 0 Å². The zero-order valence-corrected chi connectivity index (χ0v) is 15.0. The van der Waals surface area contributed by atoms with Crippen molar-refractivity contribution in [2.24, 2.45) is 0 Å². The smallest absolute Gasteiger partial charge is 0.302 e. The molecule has 8 nitrogen and oxygen atoms in total. The highest BCUT2D eigenvalue weighted by molar-refractivity contribution is 9.10. The van der Waals surface area contributed by atoms with E-state index in [1.807, 2.05) is 0 Å². The fourth-order valence-corrected chi connectivity index (χ4v) is 4.13. The number of halogens is 1. The lowest BCUT2D eigenvalue weighted by atomic mass is 10.0. The molecule has 0 aliphatic carbocycles. The lowest BCUT2D eigenvalue weighted by Gasteiger charge is -2.39. The summed E-state index contributed by atoms with van der Waals surface area (Å²) >= 11 is 3.18. The Morgan fingerprint density at radius 2 is 1.75 bits per heavy atom. The molecule has 3 N–H and O–H groups in total. The van der Waals surface area contributed by atoms with Gasteiger partial charge in [-0.25, -0.2) is 8.42 Å². The molecule has 1 aliphatic rings. The Balaban J connectivity index is 2.29. The van der Waals surface area contributed by atoms with Crippen molar-refractivity contribution in [1.82, 2.24) is 0 Å². The number of esters is 1. The van der Waals surface area contributed by atoms with Gasteiger partial charge in [0.15, 0.2) is 5.44 Å². The second kappa shape index (κ2) is 7.46. The molecular weight excluding hydrogens is 408 g/mol. The van der Waals surface area contributed by atoms with E-state index in [4.69, 9.17) is 9.47 Å². The van der Waals surface area contributed by atoms with Crippen LogP contribution >= 0.6 is 15.9 Å². The number of carbonyl (C=O) groups is 1. The lowest BCUT2D eigenvalue weighted by molar-refractivity contribution is -0.211. The van der Waals surface area contributed by atoms with Gasteiger partial charge in [-0.15, -0.1) is 0 Å². The fraction of sp³-hybridized carbons (Fsp3) is 0.500. The van der Waals surface area contributed by atoms with Crippen LogP contribution in [0.25, 0.3) is 0 Å². The van der Waals surface area contributed by atoms with Gasteiger partial charge in [0.1, 0.15) is 31.0 Å². The van der Waals surface area contributed by atoms with Crippen molar-refractivity contribution in [3.63, 3.8) is 0 Å². The summed E-state index contributed by atoms with van der Waals surface area (Å²) in [4.78, 5) is 10.8. The van der Waals surface area contributed by atoms with Crippen LogP contribution in [0.2, 0.25) is 0 Å². The first-order valence-electron chi connectivity index (χ1n) is 6.97. The molecule has 0 saturated carbocycles. The summed E-state index contributed by atoms with van der Waals surface area (Å²) in [6.45, 7) is 0.684. The molecule has 1 aromatic carbocycles. The van der Waals surface area contributed by atoms with E-state index in [2.05, 4.69) is 15.9 Å². The quantitative estimate of drug-likeness (QED) is 0.556. The third-order valence-corrected chi connectivity index (χ3v) is 6.03. The van der Waals surface area contributed by atoms with Gasteiger partial charge in [0.05, 0.1) is 4.90 Å². The molecule has 0 radical (unpaired) electrons. The van der Waals surface area contributed by atoms with Crippen molar-refractivity contribution in [2.75, 3.05) is 6.61 Å². The van der Waals surface area contributed by atoms with Crippen molar-refractivity contribution in [3.8, 4) is 0 Å². The first-order valence-corrected chi connectivity index (χ1v) is 9.31. The number of aliphatic hydroxyl groups is 3. The molecule has 1 aliphatic heterocycles. The molecule has 1 aromatic rings. The van der Waals surface area contributed by atoms with E-state index < -0.39 is 52.3 Å². The number of hydrogen-bond acceptors (Lipinski definition) is 8. The number of hydrogen-bond donors (Lipinski definition) is 3. The predicted octanol–water partition coefficient (Wildman–Crippen LogP) is -0.407. The zero-order valence-electron chi connectivity index (χ0n) is 12.6. The Hall–Kier alpha value is -1.04. The van der Waals surface area contributed by atoms with Crippen LogP contribution in [0.1, 0.15) is 6.92 Å². The highest BCUT2D eigenvalue weighted by atomic mass is 79.9. The molecule has 5 unspecified atom stereocenters. The lowest BCUT2D eigenvalue weighted by Crippen LogP contribution is -2.60. The maximum absolute atomic E-state index is 12.6. The number of ether oxygens (including phenoxy) is 2. The van der Waals surface area contributed by atoms with Gasteiger partial charge in [0.2, 0.25) is 9.84 Å². The van der Waals surface area contributed by atoms with E-state index in [9.17, 15) is 28.5 Å². The van der Waals surface area contributed by atoms with Crippen molar-refractivity contribution in [3.05, 3.63) is 28.7 Å². The van der Waals surface area contributed by atoms with E-state index in [1.165, 1.54) is 24.3 Å². The van der Waals surface area contributed by atoms with E-state index in [1.54, 1.807) is 0 Å². The fourth-order valence-electron chi connectivity index (χ4n) is 2.27. The molecule has 1 heterocycles. The van der Waals surface area contributed by atoms with Gasteiger partial charge in [-0.2, -0.15) is 0 Å². The van der Waals surface area contributed by atoms with Crippen LogP contribution in [0.3, 0.4) is 0 Å². The van der Waals surface area contributed by atoms with Gasteiger partial charge in [0, 0.05) is 11.4 Å². The van der Waals surface area contributed by atoms with E-state index >= 15 is 0 Å². The van der Waals surface area contributed by atoms with Crippen molar-refractivity contribution >= 4 is 31.7 Å².